The average Bonchev–Trinajstić information content (AvgIpc) is 2.25. The molecule has 1 rings (SSSR count). The Kier molecular flexibility index (Phi) is 6.65. The van der Waals surface area contributed by atoms with Gasteiger partial charge in [0.25, 0.3) is 0 Å². The van der Waals surface area contributed by atoms with Crippen LogP contribution in [-0.4, -0.2) is 22.5 Å². The van der Waals surface area contributed by atoms with Crippen LogP contribution in [0.4, 0.5) is 0 Å². The van der Waals surface area contributed by atoms with Crippen molar-refractivity contribution in [2.75, 3.05) is 17.3 Å². The third-order valence-electron chi connectivity index (χ3n) is 1.70. The minimum Gasteiger partial charge on any atom is -0.174 e. The molecule has 1 unspecified atom stereocenters. The fraction of sp³-hybridized carbons (Fsp3) is 0.455. The van der Waals surface area contributed by atoms with Crippen molar-refractivity contribution in [3.05, 3.63) is 30.3 Å². The van der Waals surface area contributed by atoms with Crippen LogP contribution in [0.1, 0.15) is 6.92 Å². The molecule has 1 atom stereocenters. The maximum Gasteiger partial charge on any atom is 0.0202 e. The van der Waals surface area contributed by atoms with Crippen LogP contribution in [0.25, 0.3) is 0 Å². The molecule has 3 heteroatoms. The van der Waals surface area contributed by atoms with Crippen molar-refractivity contribution in [2.24, 2.45) is 0 Å². The molecule has 0 aliphatic heterocycles. The zero-order valence-electron chi connectivity index (χ0n) is 8.35. The first-order chi connectivity index (χ1) is 6.83. The summed E-state index contributed by atoms with van der Waals surface area (Å²) in [5.74, 6) is 3.44. The molecular formula is C11H16S3. The highest BCUT2D eigenvalue weighted by Gasteiger charge is 2.03. The quantitative estimate of drug-likeness (QED) is 0.596. The zero-order chi connectivity index (χ0) is 10.2. The van der Waals surface area contributed by atoms with E-state index in [2.05, 4.69) is 49.9 Å². The topological polar surface area (TPSA) is 0 Å². The Bertz CT molecular complexity index is 236. The molecule has 1 aromatic carbocycles. The fourth-order valence-corrected chi connectivity index (χ4v) is 3.18. The summed E-state index contributed by atoms with van der Waals surface area (Å²) < 4.78 is 0. The summed E-state index contributed by atoms with van der Waals surface area (Å²) in [5, 5.41) is 0.505. The van der Waals surface area contributed by atoms with Gasteiger partial charge in [0, 0.05) is 21.7 Å². The molecule has 0 N–H and O–H groups in total. The van der Waals surface area contributed by atoms with Gasteiger partial charge in [0.1, 0.15) is 0 Å². The number of hydrogen-bond donors (Lipinski definition) is 1. The first-order valence-electron chi connectivity index (χ1n) is 4.76. The molecule has 0 saturated carbocycles. The van der Waals surface area contributed by atoms with Gasteiger partial charge >= 0.3 is 0 Å². The minimum atomic E-state index is 0.505. The lowest BCUT2D eigenvalue weighted by Crippen LogP contribution is -2.05. The van der Waals surface area contributed by atoms with Crippen LogP contribution in [0.15, 0.2) is 35.2 Å². The maximum absolute atomic E-state index is 4.55. The Hall–Kier alpha value is 0.270. The van der Waals surface area contributed by atoms with Crippen molar-refractivity contribution in [2.45, 2.75) is 17.1 Å². The number of thioether (sulfide) groups is 2. The van der Waals surface area contributed by atoms with E-state index in [4.69, 9.17) is 0 Å². The van der Waals surface area contributed by atoms with Crippen LogP contribution < -0.4 is 0 Å². The lowest BCUT2D eigenvalue weighted by molar-refractivity contribution is 1.15. The lowest BCUT2D eigenvalue weighted by atomic mass is 10.4. The van der Waals surface area contributed by atoms with Crippen LogP contribution in [0.3, 0.4) is 0 Å². The average molecular weight is 244 g/mol. The number of hydrogen-bond acceptors (Lipinski definition) is 3. The second kappa shape index (κ2) is 7.55. The van der Waals surface area contributed by atoms with Gasteiger partial charge in [0.05, 0.1) is 0 Å². The van der Waals surface area contributed by atoms with Crippen LogP contribution in [0.5, 0.6) is 0 Å². The largest absolute Gasteiger partial charge is 0.174 e. The van der Waals surface area contributed by atoms with Gasteiger partial charge < -0.3 is 0 Å². The van der Waals surface area contributed by atoms with E-state index < -0.39 is 0 Å². The molecule has 0 aliphatic rings. The van der Waals surface area contributed by atoms with E-state index in [1.165, 1.54) is 10.6 Å². The van der Waals surface area contributed by atoms with Crippen molar-refractivity contribution in [1.29, 1.82) is 0 Å². The summed E-state index contributed by atoms with van der Waals surface area (Å²) in [5.41, 5.74) is 0. The van der Waals surface area contributed by atoms with Gasteiger partial charge in [-0.1, -0.05) is 25.1 Å². The molecule has 0 fully saturated rings. The van der Waals surface area contributed by atoms with Gasteiger partial charge in [-0.05, 0) is 17.9 Å². The Morgan fingerprint density at radius 2 is 1.93 bits per heavy atom. The summed E-state index contributed by atoms with van der Waals surface area (Å²) in [7, 11) is 0. The number of thiol groups is 1. The predicted molar refractivity (Wildman–Crippen MR) is 72.9 cm³/mol. The summed E-state index contributed by atoms with van der Waals surface area (Å²) in [6.07, 6.45) is 0. The van der Waals surface area contributed by atoms with E-state index in [1.54, 1.807) is 0 Å². The third kappa shape index (κ3) is 5.23. The van der Waals surface area contributed by atoms with Gasteiger partial charge in [0.15, 0.2) is 0 Å². The second-order valence-corrected chi connectivity index (χ2v) is 6.08. The Balaban J connectivity index is 2.20. The third-order valence-corrected chi connectivity index (χ3v) is 4.78. The maximum atomic E-state index is 4.55. The minimum absolute atomic E-state index is 0.505. The highest BCUT2D eigenvalue weighted by molar-refractivity contribution is 8.01. The van der Waals surface area contributed by atoms with Gasteiger partial charge in [-0.15, -0.1) is 11.8 Å². The summed E-state index contributed by atoms with van der Waals surface area (Å²) >= 11 is 8.40. The molecule has 0 radical (unpaired) electrons. The molecule has 0 aromatic heterocycles. The molecule has 78 valence electrons. The van der Waals surface area contributed by atoms with E-state index in [-0.39, 0.29) is 0 Å². The van der Waals surface area contributed by atoms with Crippen LogP contribution in [0, 0.1) is 0 Å². The Labute approximate surface area is 101 Å². The van der Waals surface area contributed by atoms with Crippen LogP contribution in [0.2, 0.25) is 0 Å². The second-order valence-electron chi connectivity index (χ2n) is 2.94. The Morgan fingerprint density at radius 3 is 2.57 bits per heavy atom. The van der Waals surface area contributed by atoms with E-state index in [0.717, 1.165) is 11.5 Å². The van der Waals surface area contributed by atoms with E-state index >= 15 is 0 Å². The van der Waals surface area contributed by atoms with E-state index in [1.807, 2.05) is 23.5 Å². The van der Waals surface area contributed by atoms with Crippen molar-refractivity contribution < 1.29 is 0 Å². The molecule has 1 aromatic rings. The zero-order valence-corrected chi connectivity index (χ0v) is 10.9. The van der Waals surface area contributed by atoms with Crippen LogP contribution >= 0.6 is 36.2 Å². The molecule has 0 aliphatic carbocycles. The molecule has 14 heavy (non-hydrogen) atoms. The standard InChI is InChI=1S/C11H16S3/c1-2-13-8-10(12)9-14-11-6-4-3-5-7-11/h3-7,10,12H,2,8-9H2,1H3. The molecule has 0 bridgehead atoms. The Morgan fingerprint density at radius 1 is 1.21 bits per heavy atom. The predicted octanol–water partition coefficient (Wildman–Crippen LogP) is 3.83. The van der Waals surface area contributed by atoms with Gasteiger partial charge in [-0.3, -0.25) is 0 Å². The molecular weight excluding hydrogens is 228 g/mol. The summed E-state index contributed by atoms with van der Waals surface area (Å²) in [4.78, 5) is 1.34. The van der Waals surface area contributed by atoms with Gasteiger partial charge in [0.2, 0.25) is 0 Å². The SMILES string of the molecule is CCSCC(S)CSc1ccccc1. The normalized spacial score (nSPS) is 12.7. The van der Waals surface area contributed by atoms with Crippen molar-refractivity contribution in [3.63, 3.8) is 0 Å². The monoisotopic (exact) mass is 244 g/mol. The van der Waals surface area contributed by atoms with Crippen molar-refractivity contribution in [1.82, 2.24) is 0 Å². The fourth-order valence-electron chi connectivity index (χ4n) is 1.01. The van der Waals surface area contributed by atoms with E-state index in [0.29, 0.717) is 5.25 Å². The first kappa shape index (κ1) is 12.3. The van der Waals surface area contributed by atoms with Crippen LogP contribution in [-0.2, 0) is 0 Å². The highest BCUT2D eigenvalue weighted by Crippen LogP contribution is 2.21. The molecule has 0 nitrogen and oxygen atoms in total. The van der Waals surface area contributed by atoms with Gasteiger partial charge in [-0.2, -0.15) is 24.4 Å². The van der Waals surface area contributed by atoms with Crippen molar-refractivity contribution in [3.8, 4) is 0 Å². The van der Waals surface area contributed by atoms with Gasteiger partial charge in [-0.25, -0.2) is 0 Å². The van der Waals surface area contributed by atoms with Crippen molar-refractivity contribution >= 4 is 36.2 Å². The summed E-state index contributed by atoms with van der Waals surface area (Å²) in [6, 6.07) is 10.5. The lowest BCUT2D eigenvalue weighted by Gasteiger charge is -2.08. The van der Waals surface area contributed by atoms with E-state index in [9.17, 15) is 0 Å². The number of benzene rings is 1. The smallest absolute Gasteiger partial charge is 0.0202 e. The number of rotatable bonds is 6. The highest BCUT2D eigenvalue weighted by atomic mass is 32.2. The molecule has 0 spiro atoms. The molecule has 0 amide bonds. The first-order valence-corrected chi connectivity index (χ1v) is 7.42. The summed E-state index contributed by atoms with van der Waals surface area (Å²) in [6.45, 7) is 2.19. The molecule has 0 heterocycles. The molecule has 0 saturated heterocycles.